The molecule has 15 heavy (non-hydrogen) atoms. The summed E-state index contributed by atoms with van der Waals surface area (Å²) in [6, 6.07) is 14.1. The Morgan fingerprint density at radius 1 is 1.00 bits per heavy atom. The van der Waals surface area contributed by atoms with Crippen molar-refractivity contribution in [2.45, 2.75) is 6.92 Å². The zero-order valence-electron chi connectivity index (χ0n) is 8.30. The van der Waals surface area contributed by atoms with Crippen molar-refractivity contribution in [3.05, 3.63) is 57.5 Å². The summed E-state index contributed by atoms with van der Waals surface area (Å²) in [5.41, 5.74) is 3.49. The molecule has 0 aliphatic rings. The summed E-state index contributed by atoms with van der Waals surface area (Å²) in [5, 5.41) is 0.785. The van der Waals surface area contributed by atoms with Crippen molar-refractivity contribution in [1.29, 1.82) is 0 Å². The standard InChI is InChI=1S/C13H10BrCl/c1-9-4-2-3-5-11(9)12-8-10(14)6-7-13(12)15/h2-8H,1H3. The molecule has 2 heteroatoms. The van der Waals surface area contributed by atoms with E-state index in [1.54, 1.807) is 0 Å². The van der Waals surface area contributed by atoms with Gasteiger partial charge in [0.15, 0.2) is 0 Å². The molecule has 2 rings (SSSR count). The molecule has 0 heterocycles. The van der Waals surface area contributed by atoms with Crippen molar-refractivity contribution in [2.75, 3.05) is 0 Å². The van der Waals surface area contributed by atoms with Crippen LogP contribution in [-0.2, 0) is 0 Å². The summed E-state index contributed by atoms with van der Waals surface area (Å²) in [6.45, 7) is 2.09. The zero-order valence-corrected chi connectivity index (χ0v) is 10.6. The summed E-state index contributed by atoms with van der Waals surface area (Å²) in [7, 11) is 0. The van der Waals surface area contributed by atoms with Gasteiger partial charge in [0, 0.05) is 15.1 Å². The summed E-state index contributed by atoms with van der Waals surface area (Å²) in [4.78, 5) is 0. The molecule has 0 amide bonds. The van der Waals surface area contributed by atoms with Gasteiger partial charge in [-0.2, -0.15) is 0 Å². The third kappa shape index (κ3) is 2.24. The minimum Gasteiger partial charge on any atom is -0.0837 e. The first-order valence-electron chi connectivity index (χ1n) is 4.69. The van der Waals surface area contributed by atoms with Crippen LogP contribution in [0.25, 0.3) is 11.1 Å². The van der Waals surface area contributed by atoms with E-state index in [0.29, 0.717) is 0 Å². The Morgan fingerprint density at radius 2 is 1.73 bits per heavy atom. The number of rotatable bonds is 1. The van der Waals surface area contributed by atoms with Crippen LogP contribution < -0.4 is 0 Å². The molecule has 2 aromatic rings. The predicted octanol–water partition coefficient (Wildman–Crippen LogP) is 5.08. The second-order valence-electron chi connectivity index (χ2n) is 3.44. The third-order valence-electron chi connectivity index (χ3n) is 2.36. The van der Waals surface area contributed by atoms with E-state index >= 15 is 0 Å². The summed E-state index contributed by atoms with van der Waals surface area (Å²) >= 11 is 9.64. The number of benzene rings is 2. The quantitative estimate of drug-likeness (QED) is 0.684. The molecule has 0 atom stereocenters. The van der Waals surface area contributed by atoms with E-state index in [1.807, 2.05) is 30.3 Å². The Bertz CT molecular complexity index is 492. The molecular weight excluding hydrogens is 271 g/mol. The van der Waals surface area contributed by atoms with E-state index in [9.17, 15) is 0 Å². The maximum atomic E-state index is 6.18. The van der Waals surface area contributed by atoms with Gasteiger partial charge in [0.05, 0.1) is 0 Å². The molecule has 0 nitrogen and oxygen atoms in total. The van der Waals surface area contributed by atoms with Gasteiger partial charge < -0.3 is 0 Å². The smallest absolute Gasteiger partial charge is 0.0485 e. The molecule has 0 aliphatic carbocycles. The maximum absolute atomic E-state index is 6.18. The lowest BCUT2D eigenvalue weighted by molar-refractivity contribution is 1.45. The van der Waals surface area contributed by atoms with Crippen molar-refractivity contribution in [3.63, 3.8) is 0 Å². The summed E-state index contributed by atoms with van der Waals surface area (Å²) in [5.74, 6) is 0. The van der Waals surface area contributed by atoms with Gasteiger partial charge in [0.25, 0.3) is 0 Å². The molecule has 0 fully saturated rings. The Balaban J connectivity index is 2.64. The van der Waals surface area contributed by atoms with Crippen LogP contribution in [0.4, 0.5) is 0 Å². The highest BCUT2D eigenvalue weighted by molar-refractivity contribution is 9.10. The molecule has 0 unspecified atom stereocenters. The van der Waals surface area contributed by atoms with Crippen molar-refractivity contribution in [1.82, 2.24) is 0 Å². The highest BCUT2D eigenvalue weighted by Gasteiger charge is 2.05. The normalized spacial score (nSPS) is 10.3. The Kier molecular flexibility index (Phi) is 3.13. The van der Waals surface area contributed by atoms with Crippen LogP contribution in [0, 0.1) is 6.92 Å². The average Bonchev–Trinajstić information content (AvgIpc) is 2.23. The Morgan fingerprint density at radius 3 is 2.47 bits per heavy atom. The van der Waals surface area contributed by atoms with Crippen LogP contribution >= 0.6 is 27.5 Å². The lowest BCUT2D eigenvalue weighted by Gasteiger charge is -2.08. The second kappa shape index (κ2) is 4.38. The van der Waals surface area contributed by atoms with E-state index in [2.05, 4.69) is 35.0 Å². The Hall–Kier alpha value is -0.790. The molecule has 76 valence electrons. The van der Waals surface area contributed by atoms with Gasteiger partial charge >= 0.3 is 0 Å². The third-order valence-corrected chi connectivity index (χ3v) is 3.19. The van der Waals surface area contributed by atoms with Crippen LogP contribution in [0.15, 0.2) is 46.9 Å². The van der Waals surface area contributed by atoms with Crippen LogP contribution in [0.3, 0.4) is 0 Å². The zero-order chi connectivity index (χ0) is 10.8. The monoisotopic (exact) mass is 280 g/mol. The van der Waals surface area contributed by atoms with Crippen molar-refractivity contribution < 1.29 is 0 Å². The molecule has 0 bridgehead atoms. The number of hydrogen-bond donors (Lipinski definition) is 0. The van der Waals surface area contributed by atoms with E-state index in [-0.39, 0.29) is 0 Å². The lowest BCUT2D eigenvalue weighted by atomic mass is 10.0. The molecule has 0 aliphatic heterocycles. The van der Waals surface area contributed by atoms with Gasteiger partial charge in [-0.1, -0.05) is 51.8 Å². The molecule has 0 radical (unpaired) electrons. The molecule has 0 saturated heterocycles. The molecular formula is C13H10BrCl. The fourth-order valence-corrected chi connectivity index (χ4v) is 2.16. The number of aryl methyl sites for hydroxylation is 1. The average molecular weight is 282 g/mol. The van der Waals surface area contributed by atoms with E-state index in [4.69, 9.17) is 11.6 Å². The molecule has 0 spiro atoms. The second-order valence-corrected chi connectivity index (χ2v) is 4.76. The minimum absolute atomic E-state index is 0.785. The predicted molar refractivity (Wildman–Crippen MR) is 69.3 cm³/mol. The van der Waals surface area contributed by atoms with Gasteiger partial charge in [-0.3, -0.25) is 0 Å². The van der Waals surface area contributed by atoms with Gasteiger partial charge in [-0.25, -0.2) is 0 Å². The molecule has 2 aromatic carbocycles. The Labute approximate surface area is 103 Å². The van der Waals surface area contributed by atoms with Crippen LogP contribution in [-0.4, -0.2) is 0 Å². The van der Waals surface area contributed by atoms with Crippen molar-refractivity contribution in [3.8, 4) is 11.1 Å². The van der Waals surface area contributed by atoms with E-state index in [1.165, 1.54) is 11.1 Å². The molecule has 0 saturated carbocycles. The summed E-state index contributed by atoms with van der Waals surface area (Å²) < 4.78 is 1.05. The van der Waals surface area contributed by atoms with Crippen molar-refractivity contribution in [2.24, 2.45) is 0 Å². The van der Waals surface area contributed by atoms with E-state index in [0.717, 1.165) is 15.1 Å². The SMILES string of the molecule is Cc1ccccc1-c1cc(Br)ccc1Cl. The maximum Gasteiger partial charge on any atom is 0.0485 e. The lowest BCUT2D eigenvalue weighted by Crippen LogP contribution is -1.83. The number of halogens is 2. The fraction of sp³-hybridized carbons (Fsp3) is 0.0769. The first kappa shape index (κ1) is 10.7. The summed E-state index contributed by atoms with van der Waals surface area (Å²) in [6.07, 6.45) is 0. The van der Waals surface area contributed by atoms with Crippen LogP contribution in [0.2, 0.25) is 5.02 Å². The molecule has 0 N–H and O–H groups in total. The van der Waals surface area contributed by atoms with Gasteiger partial charge in [-0.05, 0) is 36.2 Å². The topological polar surface area (TPSA) is 0 Å². The van der Waals surface area contributed by atoms with Crippen LogP contribution in [0.1, 0.15) is 5.56 Å². The van der Waals surface area contributed by atoms with Crippen molar-refractivity contribution >= 4 is 27.5 Å². The molecule has 0 aromatic heterocycles. The van der Waals surface area contributed by atoms with Gasteiger partial charge in [0.1, 0.15) is 0 Å². The van der Waals surface area contributed by atoms with Crippen LogP contribution in [0.5, 0.6) is 0 Å². The first-order valence-corrected chi connectivity index (χ1v) is 5.86. The van der Waals surface area contributed by atoms with Gasteiger partial charge in [0.2, 0.25) is 0 Å². The highest BCUT2D eigenvalue weighted by Crippen LogP contribution is 2.32. The minimum atomic E-state index is 0.785. The first-order chi connectivity index (χ1) is 7.18. The largest absolute Gasteiger partial charge is 0.0837 e. The van der Waals surface area contributed by atoms with Gasteiger partial charge in [-0.15, -0.1) is 0 Å². The highest BCUT2D eigenvalue weighted by atomic mass is 79.9. The van der Waals surface area contributed by atoms with E-state index < -0.39 is 0 Å². The number of hydrogen-bond acceptors (Lipinski definition) is 0. The fourth-order valence-electron chi connectivity index (χ4n) is 1.58.